The molecule has 15 heavy (non-hydrogen) atoms. The minimum atomic E-state index is -0.211. The first kappa shape index (κ1) is 11.5. The zero-order valence-corrected chi connectivity index (χ0v) is 9.01. The molecule has 0 aliphatic rings. The molecule has 0 unspecified atom stereocenters. The van der Waals surface area contributed by atoms with Gasteiger partial charge in [-0.05, 0) is 0 Å². The molecule has 0 atom stereocenters. The highest BCUT2D eigenvalue weighted by Gasteiger charge is 1.96. The SMILES string of the molecule is CNC(=O)NCCNc1cc(Cl)ncn1. The Balaban J connectivity index is 2.23. The van der Waals surface area contributed by atoms with Crippen molar-refractivity contribution in [3.63, 3.8) is 0 Å². The summed E-state index contributed by atoms with van der Waals surface area (Å²) in [4.78, 5) is 18.5. The summed E-state index contributed by atoms with van der Waals surface area (Å²) in [5.41, 5.74) is 0. The molecule has 0 aliphatic carbocycles. The summed E-state index contributed by atoms with van der Waals surface area (Å²) in [6.07, 6.45) is 1.37. The van der Waals surface area contributed by atoms with Crippen LogP contribution in [-0.4, -0.2) is 36.1 Å². The van der Waals surface area contributed by atoms with Gasteiger partial charge in [-0.15, -0.1) is 0 Å². The predicted molar refractivity (Wildman–Crippen MR) is 58.0 cm³/mol. The number of halogens is 1. The van der Waals surface area contributed by atoms with Crippen LogP contribution in [0.4, 0.5) is 10.6 Å². The maximum Gasteiger partial charge on any atom is 0.314 e. The molecule has 1 rings (SSSR count). The van der Waals surface area contributed by atoms with E-state index in [1.807, 2.05) is 0 Å². The maximum atomic E-state index is 10.8. The summed E-state index contributed by atoms with van der Waals surface area (Å²) in [6.45, 7) is 1.07. The van der Waals surface area contributed by atoms with Crippen LogP contribution in [0.1, 0.15) is 0 Å². The summed E-state index contributed by atoms with van der Waals surface area (Å²) < 4.78 is 0. The molecule has 2 amide bonds. The summed E-state index contributed by atoms with van der Waals surface area (Å²) in [6, 6.07) is 1.40. The molecule has 0 aromatic carbocycles. The summed E-state index contributed by atoms with van der Waals surface area (Å²) in [7, 11) is 1.56. The van der Waals surface area contributed by atoms with Crippen LogP contribution in [0.15, 0.2) is 12.4 Å². The van der Waals surface area contributed by atoms with Crippen molar-refractivity contribution in [1.82, 2.24) is 20.6 Å². The fraction of sp³-hybridized carbons (Fsp3) is 0.375. The average molecular weight is 230 g/mol. The van der Waals surface area contributed by atoms with Gasteiger partial charge in [-0.1, -0.05) is 11.6 Å². The number of anilines is 1. The zero-order chi connectivity index (χ0) is 11.1. The number of rotatable bonds is 4. The molecule has 1 aromatic rings. The minimum absolute atomic E-state index is 0.211. The van der Waals surface area contributed by atoms with Crippen LogP contribution in [0, 0.1) is 0 Å². The Morgan fingerprint density at radius 3 is 2.93 bits per heavy atom. The lowest BCUT2D eigenvalue weighted by molar-refractivity contribution is 0.243. The Kier molecular flexibility index (Phi) is 4.62. The largest absolute Gasteiger partial charge is 0.368 e. The Morgan fingerprint density at radius 2 is 2.27 bits per heavy atom. The van der Waals surface area contributed by atoms with Crippen LogP contribution in [0.5, 0.6) is 0 Å². The number of aromatic nitrogens is 2. The standard InChI is InChI=1S/C8H12ClN5O/c1-10-8(15)12-3-2-11-7-4-6(9)13-5-14-7/h4-5H,2-3H2,1H3,(H2,10,12,15)(H,11,13,14). The number of hydrogen-bond donors (Lipinski definition) is 3. The molecular formula is C8H12ClN5O. The molecule has 0 saturated carbocycles. The van der Waals surface area contributed by atoms with Gasteiger partial charge >= 0.3 is 6.03 Å². The molecule has 0 spiro atoms. The zero-order valence-electron chi connectivity index (χ0n) is 8.25. The lowest BCUT2D eigenvalue weighted by Crippen LogP contribution is -2.35. The van der Waals surface area contributed by atoms with Crippen molar-refractivity contribution in [2.24, 2.45) is 0 Å². The first-order valence-electron chi connectivity index (χ1n) is 4.39. The van der Waals surface area contributed by atoms with E-state index in [-0.39, 0.29) is 6.03 Å². The average Bonchev–Trinajstić information content (AvgIpc) is 2.24. The molecule has 3 N–H and O–H groups in total. The first-order chi connectivity index (χ1) is 7.22. The number of carbonyl (C=O) groups excluding carboxylic acids is 1. The summed E-state index contributed by atoms with van der Waals surface area (Å²) >= 11 is 5.66. The Labute approximate surface area is 92.4 Å². The Bertz CT molecular complexity index is 333. The molecule has 82 valence electrons. The molecule has 0 radical (unpaired) electrons. The van der Waals surface area contributed by atoms with Crippen LogP contribution in [0.25, 0.3) is 0 Å². The lowest BCUT2D eigenvalue weighted by Gasteiger charge is -2.06. The number of carbonyl (C=O) groups is 1. The third-order valence-electron chi connectivity index (χ3n) is 1.58. The summed E-state index contributed by atoms with van der Waals surface area (Å²) in [5, 5.41) is 8.44. The van der Waals surface area contributed by atoms with E-state index >= 15 is 0 Å². The molecule has 1 aromatic heterocycles. The van der Waals surface area contributed by atoms with Crippen molar-refractivity contribution in [2.75, 3.05) is 25.5 Å². The molecule has 7 heteroatoms. The number of amides is 2. The monoisotopic (exact) mass is 229 g/mol. The third kappa shape index (κ3) is 4.46. The van der Waals surface area contributed by atoms with E-state index in [0.717, 1.165) is 0 Å². The van der Waals surface area contributed by atoms with Gasteiger partial charge in [0.2, 0.25) is 0 Å². The van der Waals surface area contributed by atoms with E-state index in [1.54, 1.807) is 13.1 Å². The number of urea groups is 1. The van der Waals surface area contributed by atoms with E-state index in [9.17, 15) is 4.79 Å². The third-order valence-corrected chi connectivity index (χ3v) is 1.78. The smallest absolute Gasteiger partial charge is 0.314 e. The van der Waals surface area contributed by atoms with Crippen molar-refractivity contribution in [1.29, 1.82) is 0 Å². The van der Waals surface area contributed by atoms with E-state index in [0.29, 0.717) is 24.1 Å². The molecule has 0 aliphatic heterocycles. The maximum absolute atomic E-state index is 10.8. The van der Waals surface area contributed by atoms with Gasteiger partial charge in [-0.2, -0.15) is 0 Å². The van der Waals surface area contributed by atoms with Crippen LogP contribution >= 0.6 is 11.6 Å². The molecule has 0 fully saturated rings. The fourth-order valence-corrected chi connectivity index (χ4v) is 1.03. The van der Waals surface area contributed by atoms with Gasteiger partial charge in [0, 0.05) is 26.2 Å². The Hall–Kier alpha value is -1.56. The fourth-order valence-electron chi connectivity index (χ4n) is 0.885. The molecule has 0 bridgehead atoms. The van der Waals surface area contributed by atoms with E-state index in [1.165, 1.54) is 6.33 Å². The van der Waals surface area contributed by atoms with Crippen molar-refractivity contribution in [3.8, 4) is 0 Å². The van der Waals surface area contributed by atoms with Gasteiger partial charge in [0.05, 0.1) is 0 Å². The molecule has 0 saturated heterocycles. The molecule has 6 nitrogen and oxygen atoms in total. The number of hydrogen-bond acceptors (Lipinski definition) is 4. The van der Waals surface area contributed by atoms with Crippen LogP contribution in [0.2, 0.25) is 5.15 Å². The normalized spacial score (nSPS) is 9.47. The van der Waals surface area contributed by atoms with Crippen molar-refractivity contribution in [2.45, 2.75) is 0 Å². The quantitative estimate of drug-likeness (QED) is 0.518. The van der Waals surface area contributed by atoms with Gasteiger partial charge < -0.3 is 16.0 Å². The predicted octanol–water partition coefficient (Wildman–Crippen LogP) is 0.471. The van der Waals surface area contributed by atoms with Gasteiger partial charge in [-0.25, -0.2) is 14.8 Å². The highest BCUT2D eigenvalue weighted by molar-refractivity contribution is 6.29. The highest BCUT2D eigenvalue weighted by atomic mass is 35.5. The molecular weight excluding hydrogens is 218 g/mol. The van der Waals surface area contributed by atoms with Crippen molar-refractivity contribution in [3.05, 3.63) is 17.5 Å². The minimum Gasteiger partial charge on any atom is -0.368 e. The van der Waals surface area contributed by atoms with Crippen LogP contribution in [0.3, 0.4) is 0 Å². The lowest BCUT2D eigenvalue weighted by atomic mass is 10.5. The summed E-state index contributed by atoms with van der Waals surface area (Å²) in [5.74, 6) is 0.633. The number of nitrogens with one attached hydrogen (secondary N) is 3. The Morgan fingerprint density at radius 1 is 1.47 bits per heavy atom. The van der Waals surface area contributed by atoms with Crippen LogP contribution in [-0.2, 0) is 0 Å². The van der Waals surface area contributed by atoms with Crippen molar-refractivity contribution >= 4 is 23.4 Å². The second kappa shape index (κ2) is 6.02. The van der Waals surface area contributed by atoms with Crippen LogP contribution < -0.4 is 16.0 Å². The second-order valence-electron chi connectivity index (χ2n) is 2.66. The first-order valence-corrected chi connectivity index (χ1v) is 4.77. The van der Waals surface area contributed by atoms with E-state index in [2.05, 4.69) is 25.9 Å². The topological polar surface area (TPSA) is 78.9 Å². The van der Waals surface area contributed by atoms with Gasteiger partial charge in [0.15, 0.2) is 0 Å². The van der Waals surface area contributed by atoms with Gasteiger partial charge in [-0.3, -0.25) is 0 Å². The molecule has 1 heterocycles. The van der Waals surface area contributed by atoms with Gasteiger partial charge in [0.25, 0.3) is 0 Å². The van der Waals surface area contributed by atoms with Crippen molar-refractivity contribution < 1.29 is 4.79 Å². The van der Waals surface area contributed by atoms with E-state index in [4.69, 9.17) is 11.6 Å². The highest BCUT2D eigenvalue weighted by Crippen LogP contribution is 2.07. The van der Waals surface area contributed by atoms with E-state index < -0.39 is 0 Å². The second-order valence-corrected chi connectivity index (χ2v) is 3.05. The van der Waals surface area contributed by atoms with Gasteiger partial charge in [0.1, 0.15) is 17.3 Å². The number of nitrogens with zero attached hydrogens (tertiary/aromatic N) is 2.